The van der Waals surface area contributed by atoms with Crippen molar-refractivity contribution in [2.24, 2.45) is 0 Å². The average Bonchev–Trinajstić information content (AvgIpc) is 2.42. The van der Waals surface area contributed by atoms with Crippen LogP contribution in [0.5, 0.6) is 0 Å². The zero-order valence-electron chi connectivity index (χ0n) is 7.31. The third kappa shape index (κ3) is 4.42. The lowest BCUT2D eigenvalue weighted by Crippen LogP contribution is -2.09. The maximum Gasteiger partial charge on any atom is 0.389 e. The molecule has 15 heavy (non-hydrogen) atoms. The Hall–Kier alpha value is 0.410. The Balaban J connectivity index is 2.58. The Morgan fingerprint density at radius 3 is 2.40 bits per heavy atom. The van der Waals surface area contributed by atoms with E-state index in [1.807, 2.05) is 0 Å². The zero-order chi connectivity index (χ0) is 11.6. The molecule has 7 heteroatoms. The van der Waals surface area contributed by atoms with E-state index in [4.69, 9.17) is 0 Å². The highest BCUT2D eigenvalue weighted by atomic mass is 79.9. The summed E-state index contributed by atoms with van der Waals surface area (Å²) in [5.41, 5.74) is 0. The van der Waals surface area contributed by atoms with Crippen LogP contribution in [0.15, 0.2) is 14.3 Å². The molecule has 1 aromatic heterocycles. The zero-order valence-corrected chi connectivity index (χ0v) is 11.3. The second-order valence-corrected chi connectivity index (χ2v) is 6.20. The Labute approximate surface area is 106 Å². The Morgan fingerprint density at radius 2 is 2.00 bits per heavy atom. The van der Waals surface area contributed by atoms with E-state index < -0.39 is 18.7 Å². The molecular formula is C8H7Br2F3OS. The van der Waals surface area contributed by atoms with Crippen molar-refractivity contribution in [3.8, 4) is 0 Å². The van der Waals surface area contributed by atoms with Gasteiger partial charge in [-0.25, -0.2) is 0 Å². The van der Waals surface area contributed by atoms with E-state index in [2.05, 4.69) is 31.9 Å². The van der Waals surface area contributed by atoms with E-state index >= 15 is 0 Å². The molecule has 0 spiro atoms. The van der Waals surface area contributed by atoms with Crippen LogP contribution < -0.4 is 0 Å². The van der Waals surface area contributed by atoms with E-state index in [0.29, 0.717) is 4.88 Å². The third-order valence-corrected chi connectivity index (χ3v) is 5.05. The summed E-state index contributed by atoms with van der Waals surface area (Å²) in [7, 11) is 0. The van der Waals surface area contributed by atoms with Gasteiger partial charge >= 0.3 is 6.18 Å². The van der Waals surface area contributed by atoms with Crippen LogP contribution in [0.4, 0.5) is 13.2 Å². The molecule has 0 amide bonds. The molecule has 0 aliphatic heterocycles. The number of hydrogen-bond acceptors (Lipinski definition) is 2. The van der Waals surface area contributed by atoms with Gasteiger partial charge in [-0.15, -0.1) is 11.3 Å². The second kappa shape index (κ2) is 5.16. The van der Waals surface area contributed by atoms with Crippen molar-refractivity contribution < 1.29 is 18.3 Å². The van der Waals surface area contributed by atoms with Crippen LogP contribution in [0, 0.1) is 0 Å². The number of hydrogen-bond donors (Lipinski definition) is 1. The number of halogens is 5. The molecule has 0 saturated heterocycles. The number of aliphatic hydroxyl groups excluding tert-OH is 1. The Kier molecular flexibility index (Phi) is 4.64. The van der Waals surface area contributed by atoms with E-state index in [0.717, 1.165) is 8.26 Å². The molecule has 0 aliphatic carbocycles. The first-order valence-corrected chi connectivity index (χ1v) is 6.39. The molecule has 1 unspecified atom stereocenters. The van der Waals surface area contributed by atoms with Gasteiger partial charge in [0.1, 0.15) is 0 Å². The van der Waals surface area contributed by atoms with Crippen LogP contribution in [0.25, 0.3) is 0 Å². The molecule has 1 N–H and O–H groups in total. The predicted molar refractivity (Wildman–Crippen MR) is 60.0 cm³/mol. The molecular weight excluding hydrogens is 361 g/mol. The summed E-state index contributed by atoms with van der Waals surface area (Å²) in [6.45, 7) is 0. The van der Waals surface area contributed by atoms with Crippen molar-refractivity contribution in [1.29, 1.82) is 0 Å². The highest BCUT2D eigenvalue weighted by molar-refractivity contribution is 9.13. The van der Waals surface area contributed by atoms with Gasteiger partial charge in [0.15, 0.2) is 0 Å². The topological polar surface area (TPSA) is 20.2 Å². The summed E-state index contributed by atoms with van der Waals surface area (Å²) in [6.07, 6.45) is -6.55. The number of thiophene rings is 1. The molecule has 1 atom stereocenters. The number of aliphatic hydroxyl groups is 1. The maximum absolute atomic E-state index is 11.9. The predicted octanol–water partition coefficient (Wildman–Crippen LogP) is 4.65. The largest absolute Gasteiger partial charge is 0.389 e. The lowest BCUT2D eigenvalue weighted by Gasteiger charge is -2.10. The highest BCUT2D eigenvalue weighted by Gasteiger charge is 2.28. The van der Waals surface area contributed by atoms with Gasteiger partial charge in [-0.05, 0) is 44.3 Å². The molecule has 0 aromatic carbocycles. The molecule has 1 rings (SSSR count). The standard InChI is InChI=1S/C8H7Br2F3OS/c9-4-3-6(15-7(4)10)5(14)1-2-8(11,12)13/h3,5,14H,1-2H2. The molecule has 1 aromatic rings. The summed E-state index contributed by atoms with van der Waals surface area (Å²) < 4.78 is 37.2. The Morgan fingerprint density at radius 1 is 1.40 bits per heavy atom. The molecule has 0 fully saturated rings. The fraction of sp³-hybridized carbons (Fsp3) is 0.500. The fourth-order valence-electron chi connectivity index (χ4n) is 0.970. The quantitative estimate of drug-likeness (QED) is 0.824. The first-order valence-electron chi connectivity index (χ1n) is 3.99. The molecule has 0 aliphatic rings. The number of alkyl halides is 3. The fourth-order valence-corrected chi connectivity index (χ4v) is 3.08. The van der Waals surface area contributed by atoms with Crippen LogP contribution in [0.2, 0.25) is 0 Å². The average molecular weight is 368 g/mol. The normalized spacial score (nSPS) is 14.3. The van der Waals surface area contributed by atoms with Crippen molar-refractivity contribution >= 4 is 43.2 Å². The minimum Gasteiger partial charge on any atom is -0.388 e. The van der Waals surface area contributed by atoms with Gasteiger partial charge < -0.3 is 5.11 Å². The lowest BCUT2D eigenvalue weighted by molar-refractivity contribution is -0.140. The van der Waals surface area contributed by atoms with Gasteiger partial charge in [0.2, 0.25) is 0 Å². The molecule has 1 nitrogen and oxygen atoms in total. The molecule has 0 bridgehead atoms. The molecule has 86 valence electrons. The van der Waals surface area contributed by atoms with Crippen molar-refractivity contribution in [3.05, 3.63) is 19.2 Å². The molecule has 0 radical (unpaired) electrons. The van der Waals surface area contributed by atoms with Crippen LogP contribution >= 0.6 is 43.2 Å². The summed E-state index contributed by atoms with van der Waals surface area (Å²) in [4.78, 5) is 0.526. The van der Waals surface area contributed by atoms with Crippen LogP contribution in [-0.4, -0.2) is 11.3 Å². The van der Waals surface area contributed by atoms with Gasteiger partial charge in [0, 0.05) is 15.8 Å². The van der Waals surface area contributed by atoms with Crippen molar-refractivity contribution in [1.82, 2.24) is 0 Å². The molecule has 0 saturated carbocycles. The number of rotatable bonds is 3. The Bertz CT molecular complexity index is 318. The van der Waals surface area contributed by atoms with E-state index in [9.17, 15) is 18.3 Å². The summed E-state index contributed by atoms with van der Waals surface area (Å²) in [6, 6.07) is 1.62. The summed E-state index contributed by atoms with van der Waals surface area (Å²) in [5.74, 6) is 0. The smallest absolute Gasteiger partial charge is 0.388 e. The van der Waals surface area contributed by atoms with Crippen LogP contribution in [0.3, 0.4) is 0 Å². The van der Waals surface area contributed by atoms with Gasteiger partial charge in [-0.1, -0.05) is 0 Å². The van der Waals surface area contributed by atoms with Crippen LogP contribution in [0.1, 0.15) is 23.8 Å². The van der Waals surface area contributed by atoms with E-state index in [-0.39, 0.29) is 6.42 Å². The van der Waals surface area contributed by atoms with Crippen molar-refractivity contribution in [2.45, 2.75) is 25.1 Å². The van der Waals surface area contributed by atoms with Gasteiger partial charge in [-0.2, -0.15) is 13.2 Å². The first-order chi connectivity index (χ1) is 6.79. The summed E-state index contributed by atoms with van der Waals surface area (Å²) in [5, 5.41) is 9.49. The lowest BCUT2D eigenvalue weighted by atomic mass is 10.1. The van der Waals surface area contributed by atoms with Crippen LogP contribution in [-0.2, 0) is 0 Å². The maximum atomic E-state index is 11.9. The van der Waals surface area contributed by atoms with E-state index in [1.165, 1.54) is 11.3 Å². The monoisotopic (exact) mass is 366 g/mol. The van der Waals surface area contributed by atoms with Crippen molar-refractivity contribution in [3.63, 3.8) is 0 Å². The second-order valence-electron chi connectivity index (χ2n) is 2.94. The molecule has 1 heterocycles. The van der Waals surface area contributed by atoms with Gasteiger partial charge in [-0.3, -0.25) is 0 Å². The first kappa shape index (κ1) is 13.5. The van der Waals surface area contributed by atoms with Gasteiger partial charge in [0.25, 0.3) is 0 Å². The highest BCUT2D eigenvalue weighted by Crippen LogP contribution is 2.37. The van der Waals surface area contributed by atoms with Crippen molar-refractivity contribution in [2.75, 3.05) is 0 Å². The minimum absolute atomic E-state index is 0.303. The SMILES string of the molecule is OC(CCC(F)(F)F)c1cc(Br)c(Br)s1. The van der Waals surface area contributed by atoms with Gasteiger partial charge in [0.05, 0.1) is 9.89 Å². The summed E-state index contributed by atoms with van der Waals surface area (Å²) >= 11 is 7.64. The van der Waals surface area contributed by atoms with E-state index in [1.54, 1.807) is 6.07 Å². The third-order valence-electron chi connectivity index (χ3n) is 1.69. The minimum atomic E-state index is -4.22.